The number of amides is 1. The molecule has 0 unspecified atom stereocenters. The highest BCUT2D eigenvalue weighted by molar-refractivity contribution is 7.12. The average molecular weight is 370 g/mol. The highest BCUT2D eigenvalue weighted by atomic mass is 32.1. The smallest absolute Gasteiger partial charge is 0.268 e. The van der Waals surface area contributed by atoms with E-state index in [0.717, 1.165) is 15.8 Å². The van der Waals surface area contributed by atoms with E-state index in [2.05, 4.69) is 4.98 Å². The zero-order valence-corrected chi connectivity index (χ0v) is 14.8. The zero-order chi connectivity index (χ0) is 17.4. The van der Waals surface area contributed by atoms with Crippen LogP contribution in [0.15, 0.2) is 33.1 Å². The number of fused-ring (bicyclic) bond motifs is 1. The molecular formula is C17H14N4O2S2. The number of anilines is 1. The van der Waals surface area contributed by atoms with Crippen molar-refractivity contribution in [1.29, 1.82) is 5.26 Å². The molecule has 25 heavy (non-hydrogen) atoms. The first-order chi connectivity index (χ1) is 12.2. The Balaban J connectivity index is 1.62. The van der Waals surface area contributed by atoms with E-state index in [1.54, 1.807) is 0 Å². The Bertz CT molecular complexity index is 1020. The summed E-state index contributed by atoms with van der Waals surface area (Å²) in [5.74, 6) is 0.0433. The fraction of sp³-hybridized carbons (Fsp3) is 0.235. The topological polar surface area (TPSA) is 80.2 Å². The molecule has 0 aliphatic carbocycles. The number of hydrogen-bond donors (Lipinski definition) is 1. The first kappa shape index (κ1) is 15.9. The highest BCUT2D eigenvalue weighted by Crippen LogP contribution is 2.30. The van der Waals surface area contributed by atoms with Crippen molar-refractivity contribution in [2.75, 3.05) is 31.1 Å². The normalized spacial score (nSPS) is 14.7. The van der Waals surface area contributed by atoms with Crippen LogP contribution in [-0.2, 0) is 0 Å². The molecule has 0 bridgehead atoms. The molecule has 4 heterocycles. The predicted octanol–water partition coefficient (Wildman–Crippen LogP) is 2.49. The molecule has 0 radical (unpaired) electrons. The maximum absolute atomic E-state index is 12.5. The Morgan fingerprint density at radius 1 is 1.24 bits per heavy atom. The van der Waals surface area contributed by atoms with Gasteiger partial charge in [0.2, 0.25) is 0 Å². The summed E-state index contributed by atoms with van der Waals surface area (Å²) in [6, 6.07) is 5.74. The second-order valence-electron chi connectivity index (χ2n) is 5.75. The number of hydrogen-bond acceptors (Lipinski definition) is 6. The van der Waals surface area contributed by atoms with Crippen LogP contribution >= 0.6 is 22.7 Å². The van der Waals surface area contributed by atoms with Crippen molar-refractivity contribution in [3.63, 3.8) is 0 Å². The van der Waals surface area contributed by atoms with Crippen molar-refractivity contribution in [2.24, 2.45) is 0 Å². The zero-order valence-electron chi connectivity index (χ0n) is 13.2. The summed E-state index contributed by atoms with van der Waals surface area (Å²) in [6.07, 6.45) is 0. The van der Waals surface area contributed by atoms with Gasteiger partial charge in [0.25, 0.3) is 11.5 Å². The van der Waals surface area contributed by atoms with E-state index in [9.17, 15) is 14.9 Å². The lowest BCUT2D eigenvalue weighted by molar-refractivity contribution is 0.0752. The summed E-state index contributed by atoms with van der Waals surface area (Å²) in [5, 5.41) is 16.0. The molecule has 1 fully saturated rings. The number of piperazine rings is 1. The molecule has 1 aliphatic heterocycles. The van der Waals surface area contributed by atoms with E-state index in [-0.39, 0.29) is 17.0 Å². The van der Waals surface area contributed by atoms with Gasteiger partial charge < -0.3 is 14.8 Å². The van der Waals surface area contributed by atoms with Crippen LogP contribution in [0.3, 0.4) is 0 Å². The van der Waals surface area contributed by atoms with Crippen molar-refractivity contribution >= 4 is 45.2 Å². The lowest BCUT2D eigenvalue weighted by Crippen LogP contribution is -2.49. The Labute approximate surface area is 151 Å². The Kier molecular flexibility index (Phi) is 4.03. The first-order valence-corrected chi connectivity index (χ1v) is 9.61. The van der Waals surface area contributed by atoms with Crippen LogP contribution in [0.25, 0.3) is 10.9 Å². The summed E-state index contributed by atoms with van der Waals surface area (Å²) in [5.41, 5.74) is 1.22. The van der Waals surface area contributed by atoms with Crippen molar-refractivity contribution in [3.8, 4) is 6.07 Å². The number of thiophene rings is 2. The van der Waals surface area contributed by atoms with Crippen LogP contribution < -0.4 is 10.5 Å². The fourth-order valence-electron chi connectivity index (χ4n) is 3.13. The molecule has 1 saturated heterocycles. The summed E-state index contributed by atoms with van der Waals surface area (Å²) in [7, 11) is 0. The fourth-order valence-corrected chi connectivity index (χ4v) is 4.58. The van der Waals surface area contributed by atoms with Gasteiger partial charge in [0, 0.05) is 42.3 Å². The van der Waals surface area contributed by atoms with Crippen LogP contribution in [0.5, 0.6) is 0 Å². The van der Waals surface area contributed by atoms with Gasteiger partial charge in [-0.1, -0.05) is 6.07 Å². The summed E-state index contributed by atoms with van der Waals surface area (Å²) in [4.78, 5) is 32.0. The molecule has 1 aliphatic rings. The molecule has 3 aromatic rings. The van der Waals surface area contributed by atoms with Gasteiger partial charge >= 0.3 is 0 Å². The number of carbonyl (C=O) groups is 1. The number of aromatic nitrogens is 1. The van der Waals surface area contributed by atoms with E-state index in [4.69, 9.17) is 0 Å². The molecule has 6 nitrogen and oxygen atoms in total. The van der Waals surface area contributed by atoms with E-state index in [0.29, 0.717) is 31.9 Å². The minimum Gasteiger partial charge on any atom is -0.366 e. The number of nitrogens with zero attached hydrogens (tertiary/aromatic N) is 3. The molecule has 0 atom stereocenters. The minimum absolute atomic E-state index is 0.0433. The van der Waals surface area contributed by atoms with Crippen LogP contribution in [0, 0.1) is 11.3 Å². The number of rotatable bonds is 2. The molecule has 0 aromatic carbocycles. The lowest BCUT2D eigenvalue weighted by atomic mass is 10.1. The highest BCUT2D eigenvalue weighted by Gasteiger charge is 2.26. The van der Waals surface area contributed by atoms with Gasteiger partial charge in [-0.15, -0.1) is 22.7 Å². The van der Waals surface area contributed by atoms with E-state index in [1.807, 2.05) is 44.1 Å². The average Bonchev–Trinajstić information content (AvgIpc) is 3.31. The molecule has 0 spiro atoms. The molecule has 4 rings (SSSR count). The van der Waals surface area contributed by atoms with Gasteiger partial charge in [0.15, 0.2) is 0 Å². The SMILES string of the molecule is N#Cc1c(N2CCN(C(=O)c3cccs3)CC2)c2cscc2[nH]c1=O. The number of H-pyrrole nitrogens is 1. The van der Waals surface area contributed by atoms with Gasteiger partial charge in [0.05, 0.1) is 16.1 Å². The van der Waals surface area contributed by atoms with Crippen molar-refractivity contribution in [2.45, 2.75) is 0 Å². The third-order valence-electron chi connectivity index (χ3n) is 4.36. The van der Waals surface area contributed by atoms with E-state index < -0.39 is 0 Å². The van der Waals surface area contributed by atoms with Crippen LogP contribution in [0.2, 0.25) is 0 Å². The van der Waals surface area contributed by atoms with Gasteiger partial charge in [-0.2, -0.15) is 5.26 Å². The largest absolute Gasteiger partial charge is 0.366 e. The van der Waals surface area contributed by atoms with E-state index in [1.165, 1.54) is 22.7 Å². The molecule has 1 N–H and O–H groups in total. The number of carbonyl (C=O) groups excluding carboxylic acids is 1. The van der Waals surface area contributed by atoms with Gasteiger partial charge in [-0.3, -0.25) is 9.59 Å². The second-order valence-corrected chi connectivity index (χ2v) is 7.44. The summed E-state index contributed by atoms with van der Waals surface area (Å²) in [6.45, 7) is 2.33. The Hall–Kier alpha value is -2.63. The number of nitriles is 1. The van der Waals surface area contributed by atoms with Crippen LogP contribution in [-0.4, -0.2) is 42.0 Å². The quantitative estimate of drug-likeness (QED) is 0.751. The molecular weight excluding hydrogens is 356 g/mol. The maximum Gasteiger partial charge on any atom is 0.268 e. The maximum atomic E-state index is 12.5. The molecule has 0 saturated carbocycles. The van der Waals surface area contributed by atoms with Crippen molar-refractivity contribution < 1.29 is 4.79 Å². The molecule has 1 amide bonds. The number of nitrogens with one attached hydrogen (secondary N) is 1. The van der Waals surface area contributed by atoms with Gasteiger partial charge in [-0.25, -0.2) is 0 Å². The third kappa shape index (κ3) is 2.71. The van der Waals surface area contributed by atoms with Crippen LogP contribution in [0.4, 0.5) is 5.69 Å². The standard InChI is InChI=1S/C17H14N4O2S2/c18-8-11-15(12-9-24-10-13(12)19-16(11)22)20-3-5-21(6-4-20)17(23)14-2-1-7-25-14/h1-2,7,9-10H,3-6H2,(H,19,22). The lowest BCUT2D eigenvalue weighted by Gasteiger charge is -2.36. The number of aromatic amines is 1. The van der Waals surface area contributed by atoms with Gasteiger partial charge in [-0.05, 0) is 11.4 Å². The summed E-state index contributed by atoms with van der Waals surface area (Å²) >= 11 is 2.93. The molecule has 126 valence electrons. The van der Waals surface area contributed by atoms with Crippen molar-refractivity contribution in [1.82, 2.24) is 9.88 Å². The Morgan fingerprint density at radius 2 is 2.04 bits per heavy atom. The number of pyridine rings is 1. The Morgan fingerprint density at radius 3 is 2.72 bits per heavy atom. The predicted molar refractivity (Wildman–Crippen MR) is 99.6 cm³/mol. The van der Waals surface area contributed by atoms with Gasteiger partial charge in [0.1, 0.15) is 11.6 Å². The van der Waals surface area contributed by atoms with Crippen molar-refractivity contribution in [3.05, 3.63) is 49.1 Å². The summed E-state index contributed by atoms with van der Waals surface area (Å²) < 4.78 is 0. The molecule has 8 heteroatoms. The molecule has 3 aromatic heterocycles. The van der Waals surface area contributed by atoms with E-state index >= 15 is 0 Å². The van der Waals surface area contributed by atoms with Crippen LogP contribution in [0.1, 0.15) is 15.2 Å². The first-order valence-electron chi connectivity index (χ1n) is 7.79. The third-order valence-corrected chi connectivity index (χ3v) is 5.96. The monoisotopic (exact) mass is 370 g/mol. The minimum atomic E-state index is -0.361. The second kappa shape index (κ2) is 6.35.